The van der Waals surface area contributed by atoms with Gasteiger partial charge in [-0.05, 0) is 11.0 Å². The third kappa shape index (κ3) is 13.5. The van der Waals surface area contributed by atoms with Crippen LogP contribution in [-0.2, 0) is 21.7 Å². The average molecular weight is 116 g/mol. The van der Waals surface area contributed by atoms with E-state index in [4.69, 9.17) is 0 Å². The number of hydrogen-bond acceptors (Lipinski definition) is 0. The van der Waals surface area contributed by atoms with E-state index in [0.29, 0.717) is 0 Å². The van der Waals surface area contributed by atoms with Gasteiger partial charge in [0, 0.05) is 21.7 Å². The summed E-state index contributed by atoms with van der Waals surface area (Å²) in [5.41, 5.74) is 0. The van der Waals surface area contributed by atoms with Gasteiger partial charge < -0.3 is 11.0 Å². The van der Waals surface area contributed by atoms with Crippen molar-refractivity contribution in [1.29, 1.82) is 0 Å². The van der Waals surface area contributed by atoms with Crippen LogP contribution in [-0.4, -0.2) is 21.9 Å². The minimum atomic E-state index is 0. The molecule has 0 aliphatic rings. The second-order valence-corrected chi connectivity index (χ2v) is 0. The third-order valence-corrected chi connectivity index (χ3v) is 0. The van der Waals surface area contributed by atoms with Crippen molar-refractivity contribution in [2.45, 2.75) is 0 Å². The maximum Gasteiger partial charge on any atom is 0 e. The topological polar surface area (TPSA) is 63.0 Å². The Morgan fingerprint density at radius 1 is 0.750 bits per heavy atom. The Hall–Kier alpha value is 0.851. The molecule has 0 aromatic rings. The quantitative estimate of drug-likeness (QED) is 0.301. The molecule has 0 aliphatic carbocycles. The smallest absolute Gasteiger partial charge is 0 e. The van der Waals surface area contributed by atoms with Crippen LogP contribution in [0.5, 0.6) is 0 Å². The number of hydrogen-bond donors (Lipinski definition) is 0. The van der Waals surface area contributed by atoms with Gasteiger partial charge in [-0.15, -0.1) is 0 Å². The first kappa shape index (κ1) is 99.3. The molecule has 2 nitrogen and oxygen atoms in total. The van der Waals surface area contributed by atoms with E-state index in [1.54, 1.807) is 0 Å². The first-order valence-electron chi connectivity index (χ1n) is 0. The van der Waals surface area contributed by atoms with Crippen LogP contribution in [0.3, 0.4) is 0 Å². The molecule has 0 fully saturated rings. The van der Waals surface area contributed by atoms with Gasteiger partial charge in [0.25, 0.3) is 0 Å². The van der Waals surface area contributed by atoms with E-state index in [9.17, 15) is 0 Å². The van der Waals surface area contributed by atoms with Crippen molar-refractivity contribution in [3.63, 3.8) is 0 Å². The van der Waals surface area contributed by atoms with Gasteiger partial charge in [-0.2, -0.15) is 0 Å². The fourth-order valence-electron chi connectivity index (χ4n) is 0. The van der Waals surface area contributed by atoms with E-state index >= 15 is 0 Å². The molecule has 0 bridgehead atoms. The Balaban J connectivity index is 0. The van der Waals surface area contributed by atoms with Gasteiger partial charge in [0.05, 0.1) is 0 Å². The molecule has 0 saturated heterocycles. The summed E-state index contributed by atoms with van der Waals surface area (Å²) in [5.74, 6) is 0. The van der Waals surface area contributed by atoms with Crippen molar-refractivity contribution in [3.05, 3.63) is 0 Å². The fourth-order valence-corrected chi connectivity index (χ4v) is 0. The van der Waals surface area contributed by atoms with Crippen LogP contribution >= 0.6 is 0 Å². The summed E-state index contributed by atoms with van der Waals surface area (Å²) in [7, 11) is 0. The summed E-state index contributed by atoms with van der Waals surface area (Å²) in [4.78, 5) is 0. The van der Waals surface area contributed by atoms with Gasteiger partial charge >= 0.3 is 0 Å². The largest absolute Gasteiger partial charge is 0.412 e. The molecule has 4 N–H and O–H groups in total. The Labute approximate surface area is 44.1 Å². The molecule has 0 heterocycles. The minimum absolute atomic E-state index is 0. The van der Waals surface area contributed by atoms with Crippen molar-refractivity contribution in [2.24, 2.45) is 0 Å². The van der Waals surface area contributed by atoms with Gasteiger partial charge in [-0.3, -0.25) is 0 Å². The maximum absolute atomic E-state index is 0. The molecule has 0 saturated carbocycles. The van der Waals surface area contributed by atoms with Gasteiger partial charge in [0.2, 0.25) is 0 Å². The van der Waals surface area contributed by atoms with Crippen molar-refractivity contribution >= 4 is 11.0 Å². The molecule has 0 amide bonds. The van der Waals surface area contributed by atoms with E-state index < -0.39 is 0 Å². The Morgan fingerprint density at radius 3 is 0.750 bits per heavy atom. The Morgan fingerprint density at radius 2 is 0.750 bits per heavy atom. The molecule has 28 valence electrons. The first-order chi connectivity index (χ1) is 0. The molecular formula is H8O2SiTi. The molecule has 0 spiro atoms. The normalized spacial score (nSPS) is 0. The predicted octanol–water partition coefficient (Wildman–Crippen LogP) is -3.10. The molecule has 0 rings (SSSR count). The van der Waals surface area contributed by atoms with Crippen molar-refractivity contribution in [2.75, 3.05) is 0 Å². The van der Waals surface area contributed by atoms with Crippen molar-refractivity contribution < 1.29 is 32.7 Å². The van der Waals surface area contributed by atoms with Crippen LogP contribution in [0.25, 0.3) is 0 Å². The second kappa shape index (κ2) is 43.2. The fraction of sp³-hybridized carbons (Fsp3) is 0. The minimum Gasteiger partial charge on any atom is -0.412 e. The van der Waals surface area contributed by atoms with Crippen LogP contribution in [0.2, 0.25) is 0 Å². The van der Waals surface area contributed by atoms with Crippen molar-refractivity contribution in [3.8, 4) is 0 Å². The van der Waals surface area contributed by atoms with Gasteiger partial charge in [0.15, 0.2) is 0 Å². The van der Waals surface area contributed by atoms with Crippen LogP contribution < -0.4 is 0 Å². The Bertz CT molecular complexity index is 6.00. The molecule has 0 aliphatic heterocycles. The summed E-state index contributed by atoms with van der Waals surface area (Å²) >= 11 is 0. The molecule has 4 heteroatoms. The Kier molecular flexibility index (Phi) is 1070. The van der Waals surface area contributed by atoms with E-state index in [0.717, 1.165) is 0 Å². The molecule has 0 aromatic carbocycles. The molecule has 0 aromatic heterocycles. The molecule has 0 unspecified atom stereocenters. The summed E-state index contributed by atoms with van der Waals surface area (Å²) in [5, 5.41) is 0. The van der Waals surface area contributed by atoms with E-state index in [-0.39, 0.29) is 43.6 Å². The van der Waals surface area contributed by atoms with Gasteiger partial charge in [-0.25, -0.2) is 0 Å². The van der Waals surface area contributed by atoms with Gasteiger partial charge in [0.1, 0.15) is 0 Å². The van der Waals surface area contributed by atoms with E-state index in [1.807, 2.05) is 0 Å². The van der Waals surface area contributed by atoms with Crippen LogP contribution in [0.15, 0.2) is 0 Å². The van der Waals surface area contributed by atoms with E-state index in [1.165, 1.54) is 0 Å². The zero-order valence-electron chi connectivity index (χ0n) is 1.50. The molecule has 0 radical (unpaired) electrons. The molecule has 0 atom stereocenters. The average Bonchev–Trinajstić information content (AvgIpc) is 0. The third-order valence-electron chi connectivity index (χ3n) is 0. The maximum atomic E-state index is 0. The van der Waals surface area contributed by atoms with Crippen LogP contribution in [0.4, 0.5) is 0 Å². The van der Waals surface area contributed by atoms with Crippen LogP contribution in [0.1, 0.15) is 0 Å². The predicted molar refractivity (Wildman–Crippen MR) is 18.6 cm³/mol. The summed E-state index contributed by atoms with van der Waals surface area (Å²) in [6, 6.07) is 0. The van der Waals surface area contributed by atoms with E-state index in [2.05, 4.69) is 0 Å². The van der Waals surface area contributed by atoms with Gasteiger partial charge in [-0.1, -0.05) is 0 Å². The molecule has 4 heavy (non-hydrogen) atoms. The summed E-state index contributed by atoms with van der Waals surface area (Å²) in [6.07, 6.45) is 0. The first-order valence-corrected chi connectivity index (χ1v) is 0. The summed E-state index contributed by atoms with van der Waals surface area (Å²) in [6.45, 7) is 0. The monoisotopic (exact) mass is 116 g/mol. The molecular weight excluding hydrogens is 108 g/mol. The SMILES string of the molecule is O.O.[SiH4].[Ti]. The standard InChI is InChI=1S/2H2O.H4Si.Ti/h2*1H2;1H4;. The van der Waals surface area contributed by atoms with Crippen LogP contribution in [0, 0.1) is 0 Å². The van der Waals surface area contributed by atoms with Crippen molar-refractivity contribution in [1.82, 2.24) is 0 Å². The zero-order chi connectivity index (χ0) is 0. The number of rotatable bonds is 0. The zero-order valence-corrected chi connectivity index (χ0v) is 3.06. The summed E-state index contributed by atoms with van der Waals surface area (Å²) < 4.78 is 0. The second-order valence-electron chi connectivity index (χ2n) is 0.